The van der Waals surface area contributed by atoms with Crippen molar-refractivity contribution in [2.45, 2.75) is 13.3 Å². The smallest absolute Gasteiger partial charge is 0.338 e. The molecule has 3 heteroatoms. The van der Waals surface area contributed by atoms with Gasteiger partial charge in [-0.1, -0.05) is 36.4 Å². The number of carbonyl (C=O) groups excluding carboxylic acids is 1. The van der Waals surface area contributed by atoms with Crippen LogP contribution in [0.3, 0.4) is 0 Å². The summed E-state index contributed by atoms with van der Waals surface area (Å²) in [7, 11) is 0. The van der Waals surface area contributed by atoms with E-state index in [1.165, 1.54) is 0 Å². The predicted octanol–water partition coefficient (Wildman–Crippen LogP) is 3.60. The topological polar surface area (TPSA) is 50.1 Å². The number of ether oxygens (including phenoxy) is 1. The number of hydrogen-bond acceptors (Lipinski definition) is 3. The average Bonchev–Trinajstić information content (AvgIpc) is 2.48. The van der Waals surface area contributed by atoms with E-state index in [2.05, 4.69) is 6.07 Å². The number of benzene rings is 2. The summed E-state index contributed by atoms with van der Waals surface area (Å²) in [6.45, 7) is 2.15. The second-order valence-electron chi connectivity index (χ2n) is 4.34. The van der Waals surface area contributed by atoms with Crippen LogP contribution in [0.1, 0.15) is 22.8 Å². The lowest BCUT2D eigenvalue weighted by molar-refractivity contribution is 0.0526. The summed E-state index contributed by atoms with van der Waals surface area (Å²) in [5.74, 6) is -0.317. The van der Waals surface area contributed by atoms with Crippen LogP contribution >= 0.6 is 0 Å². The zero-order valence-electron chi connectivity index (χ0n) is 11.3. The van der Waals surface area contributed by atoms with Gasteiger partial charge in [0.05, 0.1) is 24.7 Å². The number of hydrogen-bond donors (Lipinski definition) is 0. The van der Waals surface area contributed by atoms with Crippen molar-refractivity contribution >= 4 is 5.97 Å². The van der Waals surface area contributed by atoms with Crippen molar-refractivity contribution in [3.05, 3.63) is 59.7 Å². The fourth-order valence-electron chi connectivity index (χ4n) is 1.99. The largest absolute Gasteiger partial charge is 0.462 e. The highest BCUT2D eigenvalue weighted by Gasteiger charge is 2.07. The first-order valence-electron chi connectivity index (χ1n) is 6.48. The van der Waals surface area contributed by atoms with Crippen molar-refractivity contribution < 1.29 is 9.53 Å². The maximum absolute atomic E-state index is 11.7. The van der Waals surface area contributed by atoms with Gasteiger partial charge in [-0.25, -0.2) is 4.79 Å². The molecule has 0 saturated carbocycles. The Balaban J connectivity index is 2.33. The lowest BCUT2D eigenvalue weighted by Gasteiger charge is -2.06. The first kappa shape index (κ1) is 13.8. The number of rotatable bonds is 4. The molecule has 0 heterocycles. The van der Waals surface area contributed by atoms with E-state index in [9.17, 15) is 4.79 Å². The molecule has 0 N–H and O–H groups in total. The van der Waals surface area contributed by atoms with Gasteiger partial charge in [-0.05, 0) is 35.7 Å². The minimum atomic E-state index is -0.317. The SMILES string of the molecule is CCOC(=O)c1cccc(-c2cccc(CC#N)c2)c1. The maximum Gasteiger partial charge on any atom is 0.338 e. The molecule has 0 aromatic heterocycles. The van der Waals surface area contributed by atoms with Crippen molar-refractivity contribution in [1.82, 2.24) is 0 Å². The fraction of sp³-hybridized carbons (Fsp3) is 0.176. The lowest BCUT2D eigenvalue weighted by atomic mass is 10.0. The van der Waals surface area contributed by atoms with Crippen LogP contribution in [0.4, 0.5) is 0 Å². The van der Waals surface area contributed by atoms with Gasteiger partial charge in [0.25, 0.3) is 0 Å². The molecule has 0 saturated heterocycles. The van der Waals surface area contributed by atoms with Gasteiger partial charge in [-0.3, -0.25) is 0 Å². The first-order chi connectivity index (χ1) is 9.74. The third kappa shape index (κ3) is 3.24. The van der Waals surface area contributed by atoms with Crippen LogP contribution in [-0.4, -0.2) is 12.6 Å². The van der Waals surface area contributed by atoms with Gasteiger partial charge in [-0.15, -0.1) is 0 Å². The molecule has 100 valence electrons. The van der Waals surface area contributed by atoms with E-state index in [-0.39, 0.29) is 5.97 Å². The summed E-state index contributed by atoms with van der Waals surface area (Å²) in [5, 5.41) is 8.75. The van der Waals surface area contributed by atoms with E-state index in [1.807, 2.05) is 42.5 Å². The van der Waals surface area contributed by atoms with E-state index in [0.29, 0.717) is 18.6 Å². The minimum Gasteiger partial charge on any atom is -0.462 e. The molecular weight excluding hydrogens is 250 g/mol. The van der Waals surface area contributed by atoms with Gasteiger partial charge in [0.15, 0.2) is 0 Å². The maximum atomic E-state index is 11.7. The quantitative estimate of drug-likeness (QED) is 0.794. The van der Waals surface area contributed by atoms with E-state index in [4.69, 9.17) is 10.00 Å². The van der Waals surface area contributed by atoms with Crippen LogP contribution < -0.4 is 0 Å². The standard InChI is InChI=1S/C17H15NO2/c1-2-20-17(19)16-8-4-7-15(12-16)14-6-3-5-13(11-14)9-10-18/h3-8,11-12H,2,9H2,1H3. The Hall–Kier alpha value is -2.60. The van der Waals surface area contributed by atoms with Crippen LogP contribution in [0.25, 0.3) is 11.1 Å². The molecule has 2 aromatic rings. The second kappa shape index (κ2) is 6.53. The molecule has 0 atom stereocenters. The Morgan fingerprint density at radius 2 is 1.85 bits per heavy atom. The Labute approximate surface area is 118 Å². The van der Waals surface area contributed by atoms with E-state index >= 15 is 0 Å². The summed E-state index contributed by atoms with van der Waals surface area (Å²) in [6.07, 6.45) is 0.380. The number of esters is 1. The highest BCUT2D eigenvalue weighted by Crippen LogP contribution is 2.22. The van der Waals surface area contributed by atoms with Crippen LogP contribution in [0.2, 0.25) is 0 Å². The van der Waals surface area contributed by atoms with Gasteiger partial charge in [-0.2, -0.15) is 5.26 Å². The Morgan fingerprint density at radius 3 is 2.55 bits per heavy atom. The van der Waals surface area contributed by atoms with Crippen molar-refractivity contribution in [3.63, 3.8) is 0 Å². The molecule has 0 radical (unpaired) electrons. The van der Waals surface area contributed by atoms with E-state index in [0.717, 1.165) is 16.7 Å². The predicted molar refractivity (Wildman–Crippen MR) is 77.2 cm³/mol. The van der Waals surface area contributed by atoms with Crippen molar-refractivity contribution in [1.29, 1.82) is 5.26 Å². The summed E-state index contributed by atoms with van der Waals surface area (Å²) in [4.78, 5) is 11.7. The molecule has 3 nitrogen and oxygen atoms in total. The molecule has 2 aromatic carbocycles. The molecule has 0 unspecified atom stereocenters. The van der Waals surface area contributed by atoms with Gasteiger partial charge in [0, 0.05) is 0 Å². The molecule has 20 heavy (non-hydrogen) atoms. The molecule has 0 aliphatic heterocycles. The van der Waals surface area contributed by atoms with Crippen LogP contribution in [-0.2, 0) is 11.2 Å². The van der Waals surface area contributed by atoms with E-state index < -0.39 is 0 Å². The lowest BCUT2D eigenvalue weighted by Crippen LogP contribution is -2.04. The second-order valence-corrected chi connectivity index (χ2v) is 4.34. The highest BCUT2D eigenvalue weighted by molar-refractivity contribution is 5.91. The summed E-state index contributed by atoms with van der Waals surface area (Å²) >= 11 is 0. The monoisotopic (exact) mass is 265 g/mol. The Kier molecular flexibility index (Phi) is 4.52. The fourth-order valence-corrected chi connectivity index (χ4v) is 1.99. The zero-order valence-corrected chi connectivity index (χ0v) is 11.3. The van der Waals surface area contributed by atoms with Crippen LogP contribution in [0.5, 0.6) is 0 Å². The van der Waals surface area contributed by atoms with Gasteiger partial charge in [0.1, 0.15) is 0 Å². The van der Waals surface area contributed by atoms with Gasteiger partial charge >= 0.3 is 5.97 Å². The summed E-state index contributed by atoms with van der Waals surface area (Å²) in [6, 6.07) is 17.2. The normalized spacial score (nSPS) is 9.80. The minimum absolute atomic E-state index is 0.317. The number of nitriles is 1. The van der Waals surface area contributed by atoms with Crippen molar-refractivity contribution in [2.24, 2.45) is 0 Å². The van der Waals surface area contributed by atoms with Crippen molar-refractivity contribution in [3.8, 4) is 17.2 Å². The average molecular weight is 265 g/mol. The molecule has 0 fully saturated rings. The third-order valence-electron chi connectivity index (χ3n) is 2.92. The molecular formula is C17H15NO2. The summed E-state index contributed by atoms with van der Waals surface area (Å²) in [5.41, 5.74) is 3.43. The summed E-state index contributed by atoms with van der Waals surface area (Å²) < 4.78 is 5.00. The van der Waals surface area contributed by atoms with Gasteiger partial charge < -0.3 is 4.74 Å². The van der Waals surface area contributed by atoms with E-state index in [1.54, 1.807) is 13.0 Å². The zero-order chi connectivity index (χ0) is 14.4. The number of nitrogens with zero attached hydrogens (tertiary/aromatic N) is 1. The van der Waals surface area contributed by atoms with Gasteiger partial charge in [0.2, 0.25) is 0 Å². The first-order valence-corrected chi connectivity index (χ1v) is 6.48. The highest BCUT2D eigenvalue weighted by atomic mass is 16.5. The Morgan fingerprint density at radius 1 is 1.15 bits per heavy atom. The molecule has 0 aliphatic rings. The third-order valence-corrected chi connectivity index (χ3v) is 2.92. The van der Waals surface area contributed by atoms with Crippen molar-refractivity contribution in [2.75, 3.05) is 6.61 Å². The number of carbonyl (C=O) groups is 1. The molecule has 0 amide bonds. The van der Waals surface area contributed by atoms with Crippen LogP contribution in [0.15, 0.2) is 48.5 Å². The molecule has 0 bridgehead atoms. The molecule has 0 spiro atoms. The Bertz CT molecular complexity index is 656. The van der Waals surface area contributed by atoms with Crippen LogP contribution in [0, 0.1) is 11.3 Å². The molecule has 2 rings (SSSR count). The molecule has 0 aliphatic carbocycles.